The fourth-order valence-corrected chi connectivity index (χ4v) is 5.21. The molecule has 1 saturated heterocycles. The Kier molecular flexibility index (Phi) is 7.28. The number of nitrogens with one attached hydrogen (secondary N) is 1. The predicted octanol–water partition coefficient (Wildman–Crippen LogP) is 2.84. The van der Waals surface area contributed by atoms with Gasteiger partial charge < -0.3 is 10.1 Å². The molecule has 2 aromatic rings. The quantitative estimate of drug-likeness (QED) is 0.672. The summed E-state index contributed by atoms with van der Waals surface area (Å²) < 4.78 is 32.4. The minimum atomic E-state index is -3.56. The average Bonchev–Trinajstić information content (AvgIpc) is 2.77. The molecule has 0 spiro atoms. The number of piperidine rings is 1. The number of methoxy groups -OCH3 is 1. The molecular formula is C22H28N2O4S. The molecule has 1 amide bonds. The van der Waals surface area contributed by atoms with Crippen LogP contribution in [0, 0.1) is 5.92 Å². The number of aryl methyl sites for hydroxylation is 1. The van der Waals surface area contributed by atoms with Crippen molar-refractivity contribution in [1.29, 1.82) is 0 Å². The molecule has 1 fully saturated rings. The molecule has 7 heteroatoms. The van der Waals surface area contributed by atoms with Gasteiger partial charge in [0.2, 0.25) is 15.9 Å². The zero-order valence-corrected chi connectivity index (χ0v) is 17.5. The highest BCUT2D eigenvalue weighted by Gasteiger charge is 2.33. The monoisotopic (exact) mass is 416 g/mol. The van der Waals surface area contributed by atoms with Crippen molar-refractivity contribution in [2.24, 2.45) is 5.92 Å². The topological polar surface area (TPSA) is 75.7 Å². The maximum Gasteiger partial charge on any atom is 0.243 e. The van der Waals surface area contributed by atoms with Crippen LogP contribution in [0.25, 0.3) is 0 Å². The second-order valence-electron chi connectivity index (χ2n) is 7.22. The number of sulfonamides is 1. The number of benzene rings is 2. The molecule has 1 aliphatic rings. The molecule has 1 heterocycles. The van der Waals surface area contributed by atoms with E-state index >= 15 is 0 Å². The number of para-hydroxylation sites is 1. The van der Waals surface area contributed by atoms with E-state index < -0.39 is 10.0 Å². The Morgan fingerprint density at radius 3 is 2.62 bits per heavy atom. The van der Waals surface area contributed by atoms with Gasteiger partial charge in [-0.1, -0.05) is 36.4 Å². The van der Waals surface area contributed by atoms with Crippen LogP contribution in [0.15, 0.2) is 59.5 Å². The summed E-state index contributed by atoms with van der Waals surface area (Å²) in [4.78, 5) is 12.9. The first-order valence-electron chi connectivity index (χ1n) is 9.97. The molecule has 0 saturated carbocycles. The number of carbonyl (C=O) groups excluding carboxylic acids is 1. The van der Waals surface area contributed by atoms with Crippen molar-refractivity contribution in [3.8, 4) is 5.75 Å². The molecule has 1 aliphatic heterocycles. The zero-order chi connectivity index (χ0) is 20.7. The van der Waals surface area contributed by atoms with Crippen LogP contribution in [0.5, 0.6) is 5.75 Å². The van der Waals surface area contributed by atoms with Crippen molar-refractivity contribution < 1.29 is 17.9 Å². The number of carbonyl (C=O) groups is 1. The Labute approximate surface area is 172 Å². The molecular weight excluding hydrogens is 388 g/mol. The van der Waals surface area contributed by atoms with Gasteiger partial charge in [0, 0.05) is 19.6 Å². The fourth-order valence-electron chi connectivity index (χ4n) is 3.66. The number of ether oxygens (including phenoxy) is 1. The van der Waals surface area contributed by atoms with Crippen molar-refractivity contribution in [2.75, 3.05) is 26.7 Å². The van der Waals surface area contributed by atoms with Crippen molar-refractivity contribution >= 4 is 15.9 Å². The van der Waals surface area contributed by atoms with Crippen LogP contribution in [-0.2, 0) is 21.2 Å². The molecule has 0 bridgehead atoms. The third-order valence-electron chi connectivity index (χ3n) is 5.25. The summed E-state index contributed by atoms with van der Waals surface area (Å²) in [6, 6.07) is 16.3. The first kappa shape index (κ1) is 21.3. The summed E-state index contributed by atoms with van der Waals surface area (Å²) in [6.45, 7) is 1.24. The van der Waals surface area contributed by atoms with Crippen LogP contribution in [0.3, 0.4) is 0 Å². The number of amides is 1. The molecule has 1 atom stereocenters. The fraction of sp³-hybridized carbons (Fsp3) is 0.409. The number of hydrogen-bond donors (Lipinski definition) is 1. The lowest BCUT2D eigenvalue weighted by Gasteiger charge is -2.31. The number of hydrogen-bond acceptors (Lipinski definition) is 4. The van der Waals surface area contributed by atoms with E-state index in [1.165, 1.54) is 4.31 Å². The zero-order valence-electron chi connectivity index (χ0n) is 16.7. The lowest BCUT2D eigenvalue weighted by Crippen LogP contribution is -2.45. The van der Waals surface area contributed by atoms with Crippen LogP contribution in [-0.4, -0.2) is 45.4 Å². The largest absolute Gasteiger partial charge is 0.496 e. The van der Waals surface area contributed by atoms with Gasteiger partial charge in [0.15, 0.2) is 0 Å². The summed E-state index contributed by atoms with van der Waals surface area (Å²) in [5, 5.41) is 2.97. The Bertz CT molecular complexity index is 915. The van der Waals surface area contributed by atoms with Gasteiger partial charge in [-0.25, -0.2) is 8.42 Å². The Balaban J connectivity index is 1.51. The van der Waals surface area contributed by atoms with Crippen molar-refractivity contribution in [3.63, 3.8) is 0 Å². The predicted molar refractivity (Wildman–Crippen MR) is 112 cm³/mol. The van der Waals surface area contributed by atoms with Crippen LogP contribution in [0.4, 0.5) is 0 Å². The summed E-state index contributed by atoms with van der Waals surface area (Å²) in [6.07, 6.45) is 3.00. The number of rotatable bonds is 8. The maximum absolute atomic E-state index is 12.8. The van der Waals surface area contributed by atoms with Gasteiger partial charge in [-0.3, -0.25) is 4.79 Å². The molecule has 6 nitrogen and oxygen atoms in total. The van der Waals surface area contributed by atoms with E-state index in [9.17, 15) is 13.2 Å². The highest BCUT2D eigenvalue weighted by atomic mass is 32.2. The van der Waals surface area contributed by atoms with Gasteiger partial charge in [0.1, 0.15) is 5.75 Å². The molecule has 2 aromatic carbocycles. The molecule has 0 aromatic heterocycles. The van der Waals surface area contributed by atoms with Crippen LogP contribution in [0.2, 0.25) is 0 Å². The van der Waals surface area contributed by atoms with Gasteiger partial charge in [-0.05, 0) is 49.4 Å². The Morgan fingerprint density at radius 1 is 1.14 bits per heavy atom. The molecule has 0 radical (unpaired) electrons. The molecule has 1 N–H and O–H groups in total. The standard InChI is InChI=1S/C22H28N2O4S/c1-28-21-14-6-5-9-18(21)10-7-15-23-22(25)19-11-8-16-24(17-19)29(26,27)20-12-3-2-4-13-20/h2-6,9,12-14,19H,7-8,10-11,15-17H2,1H3,(H,23,25)/t19-/m1/s1. The van der Waals surface area contributed by atoms with Crippen LogP contribution >= 0.6 is 0 Å². The van der Waals surface area contributed by atoms with Crippen molar-refractivity contribution in [1.82, 2.24) is 9.62 Å². The van der Waals surface area contributed by atoms with E-state index in [0.29, 0.717) is 25.9 Å². The Hall–Kier alpha value is -2.38. The van der Waals surface area contributed by atoms with E-state index in [1.807, 2.05) is 24.3 Å². The summed E-state index contributed by atoms with van der Waals surface area (Å²) in [5.74, 6) is 0.472. The lowest BCUT2D eigenvalue weighted by atomic mass is 9.99. The minimum Gasteiger partial charge on any atom is -0.496 e. The first-order chi connectivity index (χ1) is 14.0. The highest BCUT2D eigenvalue weighted by molar-refractivity contribution is 7.89. The van der Waals surface area contributed by atoms with E-state index in [-0.39, 0.29) is 23.3 Å². The van der Waals surface area contributed by atoms with E-state index in [2.05, 4.69) is 5.32 Å². The normalized spacial score (nSPS) is 17.6. The van der Waals surface area contributed by atoms with Gasteiger partial charge in [0.05, 0.1) is 17.9 Å². The molecule has 156 valence electrons. The van der Waals surface area contributed by atoms with Crippen molar-refractivity contribution in [2.45, 2.75) is 30.6 Å². The summed E-state index contributed by atoms with van der Waals surface area (Å²) in [7, 11) is -1.91. The third-order valence-corrected chi connectivity index (χ3v) is 7.13. The molecule has 29 heavy (non-hydrogen) atoms. The second-order valence-corrected chi connectivity index (χ2v) is 9.16. The van der Waals surface area contributed by atoms with Crippen LogP contribution in [0.1, 0.15) is 24.8 Å². The lowest BCUT2D eigenvalue weighted by molar-refractivity contribution is -0.126. The molecule has 3 rings (SSSR count). The van der Waals surface area contributed by atoms with E-state index in [1.54, 1.807) is 37.4 Å². The van der Waals surface area contributed by atoms with Crippen LogP contribution < -0.4 is 10.1 Å². The average molecular weight is 417 g/mol. The minimum absolute atomic E-state index is 0.0713. The first-order valence-corrected chi connectivity index (χ1v) is 11.4. The van der Waals surface area contributed by atoms with Crippen molar-refractivity contribution in [3.05, 3.63) is 60.2 Å². The van der Waals surface area contributed by atoms with Gasteiger partial charge in [0.25, 0.3) is 0 Å². The third kappa shape index (κ3) is 5.36. The van der Waals surface area contributed by atoms with E-state index in [0.717, 1.165) is 24.2 Å². The van der Waals surface area contributed by atoms with E-state index in [4.69, 9.17) is 4.74 Å². The van der Waals surface area contributed by atoms with Gasteiger partial charge >= 0.3 is 0 Å². The summed E-state index contributed by atoms with van der Waals surface area (Å²) >= 11 is 0. The number of nitrogens with zero attached hydrogens (tertiary/aromatic N) is 1. The molecule has 0 aliphatic carbocycles. The second kappa shape index (κ2) is 9.89. The smallest absolute Gasteiger partial charge is 0.243 e. The van der Waals surface area contributed by atoms with Gasteiger partial charge in [-0.15, -0.1) is 0 Å². The summed E-state index contributed by atoms with van der Waals surface area (Å²) in [5.41, 5.74) is 1.11. The highest BCUT2D eigenvalue weighted by Crippen LogP contribution is 2.24. The molecule has 0 unspecified atom stereocenters. The van der Waals surface area contributed by atoms with Gasteiger partial charge in [-0.2, -0.15) is 4.31 Å². The SMILES string of the molecule is COc1ccccc1CCCNC(=O)[C@@H]1CCCN(S(=O)(=O)c2ccccc2)C1. The maximum atomic E-state index is 12.8. The Morgan fingerprint density at radius 2 is 1.86 bits per heavy atom.